The summed E-state index contributed by atoms with van der Waals surface area (Å²) in [6, 6.07) is 11.7. The number of hydrogen-bond acceptors (Lipinski definition) is 2. The van der Waals surface area contributed by atoms with E-state index in [1.165, 1.54) is 12.1 Å². The molecule has 2 aromatic carbocycles. The molecule has 4 heteroatoms. The number of furan rings is 1. The summed E-state index contributed by atoms with van der Waals surface area (Å²) < 4.78 is 19.8. The molecular weight excluding hydrogens is 291 g/mol. The molecule has 0 saturated carbocycles. The molecule has 1 heterocycles. The molecule has 0 aliphatic carbocycles. The van der Waals surface area contributed by atoms with E-state index in [0.29, 0.717) is 28.7 Å². The highest BCUT2D eigenvalue weighted by Gasteiger charge is 2.23. The van der Waals surface area contributed by atoms with Gasteiger partial charge >= 0.3 is 0 Å². The lowest BCUT2D eigenvalue weighted by Gasteiger charge is -2.04. The van der Waals surface area contributed by atoms with Crippen molar-refractivity contribution in [3.05, 3.63) is 70.2 Å². The Kier molecular flexibility index (Phi) is 3.52. The minimum absolute atomic E-state index is 0.0382. The van der Waals surface area contributed by atoms with E-state index in [1.807, 2.05) is 19.1 Å². The van der Waals surface area contributed by atoms with E-state index < -0.39 is 11.6 Å². The van der Waals surface area contributed by atoms with E-state index in [4.69, 9.17) is 16.0 Å². The lowest BCUT2D eigenvalue weighted by Crippen LogP contribution is -2.06. The zero-order valence-electron chi connectivity index (χ0n) is 11.3. The van der Waals surface area contributed by atoms with E-state index in [-0.39, 0.29) is 10.6 Å². The molecule has 0 atom stereocenters. The number of ketones is 1. The highest BCUT2D eigenvalue weighted by atomic mass is 35.5. The molecule has 0 unspecified atom stereocenters. The van der Waals surface area contributed by atoms with Gasteiger partial charge in [0.2, 0.25) is 0 Å². The molecule has 106 valence electrons. The van der Waals surface area contributed by atoms with Gasteiger partial charge in [-0.15, -0.1) is 0 Å². The number of para-hydroxylation sites is 1. The average molecular weight is 303 g/mol. The first-order valence-electron chi connectivity index (χ1n) is 6.62. The molecule has 3 aromatic rings. The van der Waals surface area contributed by atoms with Gasteiger partial charge in [0.1, 0.15) is 11.3 Å². The fourth-order valence-electron chi connectivity index (χ4n) is 2.41. The summed E-state index contributed by atoms with van der Waals surface area (Å²) in [5, 5.41) is 0.630. The first-order valence-corrected chi connectivity index (χ1v) is 7.00. The van der Waals surface area contributed by atoms with Gasteiger partial charge in [0, 0.05) is 11.8 Å². The van der Waals surface area contributed by atoms with Crippen LogP contribution >= 0.6 is 11.6 Å². The van der Waals surface area contributed by atoms with Crippen molar-refractivity contribution in [3.8, 4) is 0 Å². The third-order valence-electron chi connectivity index (χ3n) is 3.41. The Morgan fingerprint density at radius 1 is 1.19 bits per heavy atom. The monoisotopic (exact) mass is 302 g/mol. The summed E-state index contributed by atoms with van der Waals surface area (Å²) in [4.78, 5) is 12.7. The van der Waals surface area contributed by atoms with E-state index in [0.717, 1.165) is 0 Å². The fraction of sp³-hybridized carbons (Fsp3) is 0.118. The third-order valence-corrected chi connectivity index (χ3v) is 3.70. The largest absolute Gasteiger partial charge is 0.460 e. The smallest absolute Gasteiger partial charge is 0.200 e. The van der Waals surface area contributed by atoms with Gasteiger partial charge in [-0.25, -0.2) is 4.39 Å². The van der Waals surface area contributed by atoms with Gasteiger partial charge in [0.05, 0.1) is 16.1 Å². The zero-order chi connectivity index (χ0) is 15.0. The van der Waals surface area contributed by atoms with Gasteiger partial charge < -0.3 is 4.42 Å². The van der Waals surface area contributed by atoms with Crippen LogP contribution in [0.25, 0.3) is 11.0 Å². The molecule has 0 spiro atoms. The van der Waals surface area contributed by atoms with Crippen LogP contribution in [0, 0.1) is 5.82 Å². The standard InChI is InChI=1S/C17H12ClFO2/c1-2-13-15(10-6-3-4-9-14(10)21-13)17(20)11-7-5-8-12(18)16(11)19/h3-9H,2H2,1H3. The van der Waals surface area contributed by atoms with Gasteiger partial charge in [0.25, 0.3) is 0 Å². The van der Waals surface area contributed by atoms with Gasteiger partial charge in [-0.1, -0.05) is 42.8 Å². The van der Waals surface area contributed by atoms with Gasteiger partial charge in [-0.3, -0.25) is 4.79 Å². The van der Waals surface area contributed by atoms with E-state index in [1.54, 1.807) is 18.2 Å². The maximum absolute atomic E-state index is 14.1. The number of halogens is 2. The van der Waals surface area contributed by atoms with Gasteiger partial charge in [-0.05, 0) is 18.2 Å². The second-order valence-electron chi connectivity index (χ2n) is 4.68. The molecule has 3 rings (SSSR count). The van der Waals surface area contributed by atoms with Crippen LogP contribution in [0.5, 0.6) is 0 Å². The molecule has 0 aliphatic rings. The quantitative estimate of drug-likeness (QED) is 0.636. The average Bonchev–Trinajstić information content (AvgIpc) is 2.88. The van der Waals surface area contributed by atoms with Crippen molar-refractivity contribution in [1.29, 1.82) is 0 Å². The molecule has 0 saturated heterocycles. The van der Waals surface area contributed by atoms with Crippen LogP contribution in [0.4, 0.5) is 4.39 Å². The van der Waals surface area contributed by atoms with E-state index in [9.17, 15) is 9.18 Å². The molecule has 0 N–H and O–H groups in total. The second kappa shape index (κ2) is 5.34. The second-order valence-corrected chi connectivity index (χ2v) is 5.09. The lowest BCUT2D eigenvalue weighted by molar-refractivity contribution is 0.103. The number of hydrogen-bond donors (Lipinski definition) is 0. The minimum Gasteiger partial charge on any atom is -0.460 e. The van der Waals surface area contributed by atoms with Crippen LogP contribution in [0.1, 0.15) is 28.6 Å². The van der Waals surface area contributed by atoms with Gasteiger partial charge in [-0.2, -0.15) is 0 Å². The molecular formula is C17H12ClFO2. The number of rotatable bonds is 3. The molecule has 21 heavy (non-hydrogen) atoms. The van der Waals surface area contributed by atoms with Crippen molar-refractivity contribution in [2.75, 3.05) is 0 Å². The van der Waals surface area contributed by atoms with Gasteiger partial charge in [0.15, 0.2) is 11.6 Å². The first-order chi connectivity index (χ1) is 10.1. The maximum atomic E-state index is 14.1. The number of carbonyl (C=O) groups is 1. The van der Waals surface area contributed by atoms with Crippen LogP contribution in [-0.4, -0.2) is 5.78 Å². The number of fused-ring (bicyclic) bond motifs is 1. The Hall–Kier alpha value is -2.13. The molecule has 0 radical (unpaired) electrons. The Morgan fingerprint density at radius 3 is 2.71 bits per heavy atom. The van der Waals surface area contributed by atoms with Crippen molar-refractivity contribution in [2.45, 2.75) is 13.3 Å². The maximum Gasteiger partial charge on any atom is 0.200 e. The summed E-state index contributed by atoms with van der Waals surface area (Å²) in [7, 11) is 0. The Labute approximate surface area is 126 Å². The summed E-state index contributed by atoms with van der Waals surface area (Å²) in [5.41, 5.74) is 0.998. The predicted molar refractivity (Wildman–Crippen MR) is 80.4 cm³/mol. The lowest BCUT2D eigenvalue weighted by atomic mass is 9.99. The Bertz CT molecular complexity index is 836. The minimum atomic E-state index is -0.698. The van der Waals surface area contributed by atoms with E-state index in [2.05, 4.69) is 0 Å². The molecule has 0 fully saturated rings. The molecule has 2 nitrogen and oxygen atoms in total. The fourth-order valence-corrected chi connectivity index (χ4v) is 2.58. The molecule has 0 bridgehead atoms. The number of carbonyl (C=O) groups excluding carboxylic acids is 1. The topological polar surface area (TPSA) is 30.2 Å². The highest BCUT2D eigenvalue weighted by molar-refractivity contribution is 6.31. The Morgan fingerprint density at radius 2 is 1.95 bits per heavy atom. The van der Waals surface area contributed by atoms with Crippen molar-refractivity contribution < 1.29 is 13.6 Å². The number of aryl methyl sites for hydroxylation is 1. The summed E-state index contributed by atoms with van der Waals surface area (Å²) in [6.07, 6.45) is 0.554. The van der Waals surface area contributed by atoms with Crippen molar-refractivity contribution >= 4 is 28.4 Å². The SMILES string of the molecule is CCc1oc2ccccc2c1C(=O)c1cccc(Cl)c1F. The summed E-state index contributed by atoms with van der Waals surface area (Å²) in [6.45, 7) is 1.89. The predicted octanol–water partition coefficient (Wildman–Crippen LogP) is 5.02. The van der Waals surface area contributed by atoms with Crippen molar-refractivity contribution in [2.24, 2.45) is 0 Å². The third kappa shape index (κ3) is 2.24. The molecule has 0 amide bonds. The van der Waals surface area contributed by atoms with Crippen LogP contribution < -0.4 is 0 Å². The first kappa shape index (κ1) is 13.8. The number of benzene rings is 2. The Balaban J connectivity index is 2.24. The van der Waals surface area contributed by atoms with Crippen LogP contribution in [0.15, 0.2) is 46.9 Å². The van der Waals surface area contributed by atoms with Crippen molar-refractivity contribution in [1.82, 2.24) is 0 Å². The summed E-state index contributed by atoms with van der Waals surface area (Å²) >= 11 is 5.76. The molecule has 0 aliphatic heterocycles. The van der Waals surface area contributed by atoms with Crippen LogP contribution in [-0.2, 0) is 6.42 Å². The molecule has 1 aromatic heterocycles. The van der Waals surface area contributed by atoms with Crippen LogP contribution in [0.3, 0.4) is 0 Å². The summed E-state index contributed by atoms with van der Waals surface area (Å²) in [5.74, 6) is -0.547. The van der Waals surface area contributed by atoms with Crippen molar-refractivity contribution in [3.63, 3.8) is 0 Å². The normalized spacial score (nSPS) is 11.0. The van der Waals surface area contributed by atoms with E-state index >= 15 is 0 Å². The van der Waals surface area contributed by atoms with Crippen LogP contribution in [0.2, 0.25) is 5.02 Å². The highest BCUT2D eigenvalue weighted by Crippen LogP contribution is 2.30. The zero-order valence-corrected chi connectivity index (χ0v) is 12.1.